The Morgan fingerprint density at radius 1 is 1.26 bits per heavy atom. The molecule has 0 saturated heterocycles. The summed E-state index contributed by atoms with van der Waals surface area (Å²) in [4.78, 5) is 4.60. The molecule has 3 N–H and O–H groups in total. The van der Waals surface area contributed by atoms with Crippen LogP contribution in [0.1, 0.15) is 32.6 Å². The van der Waals surface area contributed by atoms with Crippen molar-refractivity contribution in [1.29, 1.82) is 0 Å². The quantitative estimate of drug-likeness (QED) is 0.390. The Labute approximate surface area is 139 Å². The Balaban J connectivity index is 1.65. The second-order valence-electron chi connectivity index (χ2n) is 5.92. The van der Waals surface area contributed by atoms with E-state index >= 15 is 0 Å². The van der Waals surface area contributed by atoms with Gasteiger partial charge in [-0.05, 0) is 38.3 Å². The van der Waals surface area contributed by atoms with Crippen LogP contribution in [0.25, 0.3) is 0 Å². The highest BCUT2D eigenvalue weighted by Crippen LogP contribution is 2.25. The number of aliphatic hydroxyl groups excluding tert-OH is 1. The van der Waals surface area contributed by atoms with Crippen molar-refractivity contribution in [1.82, 2.24) is 10.6 Å². The molecule has 2 atom stereocenters. The summed E-state index contributed by atoms with van der Waals surface area (Å²) in [6.45, 7) is 5.07. The highest BCUT2D eigenvalue weighted by molar-refractivity contribution is 5.79. The normalized spacial score (nSPS) is 21.2. The Bertz CT molecular complexity index is 465. The zero-order valence-electron chi connectivity index (χ0n) is 14.0. The van der Waals surface area contributed by atoms with E-state index in [9.17, 15) is 5.11 Å². The molecule has 0 heterocycles. The Kier molecular flexibility index (Phi) is 7.73. The number of ether oxygens (including phenoxy) is 1. The van der Waals surface area contributed by atoms with E-state index in [1.165, 1.54) is 0 Å². The lowest BCUT2D eigenvalue weighted by Gasteiger charge is -2.15. The summed E-state index contributed by atoms with van der Waals surface area (Å²) in [7, 11) is 0. The van der Waals surface area contributed by atoms with Crippen LogP contribution >= 0.6 is 0 Å². The number of nitrogens with one attached hydrogen (secondary N) is 2. The van der Waals surface area contributed by atoms with E-state index in [2.05, 4.69) is 22.5 Å². The lowest BCUT2D eigenvalue weighted by molar-refractivity contribution is 0.136. The van der Waals surface area contributed by atoms with E-state index in [4.69, 9.17) is 4.74 Å². The topological polar surface area (TPSA) is 65.9 Å². The van der Waals surface area contributed by atoms with Gasteiger partial charge in [-0.3, -0.25) is 4.99 Å². The van der Waals surface area contributed by atoms with Gasteiger partial charge in [0.25, 0.3) is 0 Å². The fourth-order valence-electron chi connectivity index (χ4n) is 2.77. The van der Waals surface area contributed by atoms with Gasteiger partial charge in [-0.25, -0.2) is 0 Å². The number of para-hydroxylation sites is 1. The van der Waals surface area contributed by atoms with Gasteiger partial charge in [0.05, 0.1) is 12.7 Å². The first kappa shape index (κ1) is 17.6. The molecule has 2 unspecified atom stereocenters. The summed E-state index contributed by atoms with van der Waals surface area (Å²) in [5.74, 6) is 2.04. The van der Waals surface area contributed by atoms with Gasteiger partial charge in [0.1, 0.15) is 5.75 Å². The van der Waals surface area contributed by atoms with Gasteiger partial charge in [-0.15, -0.1) is 0 Å². The molecule has 23 heavy (non-hydrogen) atoms. The van der Waals surface area contributed by atoms with Gasteiger partial charge in [0.2, 0.25) is 0 Å². The van der Waals surface area contributed by atoms with E-state index < -0.39 is 0 Å². The summed E-state index contributed by atoms with van der Waals surface area (Å²) >= 11 is 0. The number of hydrogen-bond acceptors (Lipinski definition) is 3. The van der Waals surface area contributed by atoms with E-state index in [0.717, 1.165) is 50.5 Å². The molecule has 0 spiro atoms. The van der Waals surface area contributed by atoms with Crippen molar-refractivity contribution in [3.63, 3.8) is 0 Å². The largest absolute Gasteiger partial charge is 0.494 e. The van der Waals surface area contributed by atoms with E-state index in [-0.39, 0.29) is 6.10 Å². The van der Waals surface area contributed by atoms with Crippen LogP contribution in [0.4, 0.5) is 0 Å². The number of aliphatic hydroxyl groups is 1. The third kappa shape index (κ3) is 6.48. The lowest BCUT2D eigenvalue weighted by Crippen LogP contribution is -2.38. The van der Waals surface area contributed by atoms with Gasteiger partial charge >= 0.3 is 0 Å². The maximum Gasteiger partial charge on any atom is 0.191 e. The standard InChI is InChI=1S/C18H29N3O2/c1-2-19-18(21-14-15-8-6-11-17(15)22)20-12-7-13-23-16-9-4-3-5-10-16/h3-5,9-10,15,17,22H,2,6-8,11-14H2,1H3,(H2,19,20,21). The molecular weight excluding hydrogens is 290 g/mol. The summed E-state index contributed by atoms with van der Waals surface area (Å²) in [5, 5.41) is 16.4. The van der Waals surface area contributed by atoms with Crippen LogP contribution < -0.4 is 15.4 Å². The van der Waals surface area contributed by atoms with Crippen LogP contribution in [0.5, 0.6) is 5.75 Å². The van der Waals surface area contributed by atoms with Crippen molar-refractivity contribution in [2.24, 2.45) is 10.9 Å². The maximum absolute atomic E-state index is 9.86. The minimum absolute atomic E-state index is 0.180. The molecule has 5 heteroatoms. The second kappa shape index (κ2) is 10.1. The monoisotopic (exact) mass is 319 g/mol. The van der Waals surface area contributed by atoms with E-state index in [1.54, 1.807) is 0 Å². The Morgan fingerprint density at radius 2 is 2.09 bits per heavy atom. The molecule has 0 aromatic heterocycles. The molecule has 0 bridgehead atoms. The first-order chi connectivity index (χ1) is 11.3. The van der Waals surface area contributed by atoms with Crippen LogP contribution in [-0.4, -0.2) is 43.4 Å². The molecule has 1 saturated carbocycles. The fraction of sp³-hybridized carbons (Fsp3) is 0.611. The number of hydrogen-bond donors (Lipinski definition) is 3. The summed E-state index contributed by atoms with van der Waals surface area (Å²) in [6, 6.07) is 9.86. The average Bonchev–Trinajstić information content (AvgIpc) is 2.98. The van der Waals surface area contributed by atoms with Crippen molar-refractivity contribution < 1.29 is 9.84 Å². The highest BCUT2D eigenvalue weighted by Gasteiger charge is 2.24. The Hall–Kier alpha value is -1.75. The van der Waals surface area contributed by atoms with Crippen LogP contribution in [0, 0.1) is 5.92 Å². The summed E-state index contributed by atoms with van der Waals surface area (Å²) in [5.41, 5.74) is 0. The second-order valence-corrected chi connectivity index (χ2v) is 5.92. The lowest BCUT2D eigenvalue weighted by atomic mass is 10.1. The van der Waals surface area contributed by atoms with Crippen molar-refractivity contribution in [2.75, 3.05) is 26.2 Å². The third-order valence-electron chi connectivity index (χ3n) is 4.07. The van der Waals surface area contributed by atoms with Gasteiger partial charge in [0, 0.05) is 25.6 Å². The molecule has 1 aromatic rings. The number of guanidine groups is 1. The minimum Gasteiger partial charge on any atom is -0.494 e. The summed E-state index contributed by atoms with van der Waals surface area (Å²) < 4.78 is 5.67. The van der Waals surface area contributed by atoms with E-state index in [0.29, 0.717) is 19.1 Å². The first-order valence-electron chi connectivity index (χ1n) is 8.67. The van der Waals surface area contributed by atoms with Crippen LogP contribution in [0.3, 0.4) is 0 Å². The zero-order valence-corrected chi connectivity index (χ0v) is 14.0. The SMILES string of the molecule is CCNC(=NCC1CCCC1O)NCCCOc1ccccc1. The molecule has 1 aliphatic carbocycles. The molecule has 0 radical (unpaired) electrons. The molecule has 1 fully saturated rings. The maximum atomic E-state index is 9.86. The predicted octanol–water partition coefficient (Wildman–Crippen LogP) is 2.17. The molecule has 5 nitrogen and oxygen atoms in total. The van der Waals surface area contributed by atoms with Crippen molar-refractivity contribution in [3.05, 3.63) is 30.3 Å². The fourth-order valence-corrected chi connectivity index (χ4v) is 2.77. The molecule has 0 amide bonds. The van der Waals surface area contributed by atoms with Crippen LogP contribution in [0.15, 0.2) is 35.3 Å². The van der Waals surface area contributed by atoms with Gasteiger partial charge in [-0.1, -0.05) is 24.6 Å². The predicted molar refractivity (Wildman–Crippen MR) is 93.9 cm³/mol. The average molecular weight is 319 g/mol. The molecular formula is C18H29N3O2. The van der Waals surface area contributed by atoms with Crippen LogP contribution in [-0.2, 0) is 0 Å². The van der Waals surface area contributed by atoms with Gasteiger partial charge in [0.15, 0.2) is 5.96 Å². The van der Waals surface area contributed by atoms with Crippen molar-refractivity contribution in [2.45, 2.75) is 38.7 Å². The third-order valence-corrected chi connectivity index (χ3v) is 4.07. The van der Waals surface area contributed by atoms with Gasteiger partial charge < -0.3 is 20.5 Å². The number of rotatable bonds is 8. The minimum atomic E-state index is -0.180. The zero-order chi connectivity index (χ0) is 16.3. The highest BCUT2D eigenvalue weighted by atomic mass is 16.5. The Morgan fingerprint density at radius 3 is 2.78 bits per heavy atom. The van der Waals surface area contributed by atoms with Crippen LogP contribution in [0.2, 0.25) is 0 Å². The molecule has 0 aliphatic heterocycles. The molecule has 1 aliphatic rings. The first-order valence-corrected chi connectivity index (χ1v) is 8.67. The van der Waals surface area contributed by atoms with E-state index in [1.807, 2.05) is 30.3 Å². The van der Waals surface area contributed by atoms with Crippen molar-refractivity contribution >= 4 is 5.96 Å². The number of benzene rings is 1. The van der Waals surface area contributed by atoms with Crippen molar-refractivity contribution in [3.8, 4) is 5.75 Å². The molecule has 1 aromatic carbocycles. The summed E-state index contributed by atoms with van der Waals surface area (Å²) in [6.07, 6.45) is 3.84. The number of nitrogens with zero attached hydrogens (tertiary/aromatic N) is 1. The number of aliphatic imine (C=N–C) groups is 1. The van der Waals surface area contributed by atoms with Gasteiger partial charge in [-0.2, -0.15) is 0 Å². The molecule has 128 valence electrons. The molecule has 2 rings (SSSR count). The smallest absolute Gasteiger partial charge is 0.191 e.